The minimum absolute atomic E-state index is 0.0105. The van der Waals surface area contributed by atoms with Crippen molar-refractivity contribution < 1.29 is 18.4 Å². The maximum absolute atomic E-state index is 13.2. The molecule has 106 valence electrons. The SMILES string of the molecule is CC(=O)c1ccc(F)cc1OCc1nc(C(C)C)no1. The van der Waals surface area contributed by atoms with E-state index in [0.717, 1.165) is 6.07 Å². The third kappa shape index (κ3) is 3.20. The number of nitrogens with zero attached hydrogens (tertiary/aromatic N) is 2. The van der Waals surface area contributed by atoms with Gasteiger partial charge >= 0.3 is 0 Å². The van der Waals surface area contributed by atoms with Crippen LogP contribution in [0.25, 0.3) is 0 Å². The molecule has 2 aromatic rings. The molecule has 0 amide bonds. The third-order valence-corrected chi connectivity index (χ3v) is 2.67. The van der Waals surface area contributed by atoms with Crippen LogP contribution in [-0.2, 0) is 6.61 Å². The van der Waals surface area contributed by atoms with E-state index in [0.29, 0.717) is 11.4 Å². The molecule has 0 unspecified atom stereocenters. The van der Waals surface area contributed by atoms with Gasteiger partial charge in [0.2, 0.25) is 0 Å². The zero-order valence-electron chi connectivity index (χ0n) is 11.5. The van der Waals surface area contributed by atoms with Gasteiger partial charge in [-0.3, -0.25) is 4.79 Å². The number of Topliss-reactive ketones (excluding diaryl/α,β-unsaturated/α-hetero) is 1. The summed E-state index contributed by atoms with van der Waals surface area (Å²) in [6.07, 6.45) is 0. The largest absolute Gasteiger partial charge is 0.483 e. The van der Waals surface area contributed by atoms with E-state index in [-0.39, 0.29) is 29.9 Å². The van der Waals surface area contributed by atoms with Crippen LogP contribution >= 0.6 is 0 Å². The Morgan fingerprint density at radius 1 is 1.45 bits per heavy atom. The average molecular weight is 278 g/mol. The highest BCUT2D eigenvalue weighted by Crippen LogP contribution is 2.21. The number of carbonyl (C=O) groups is 1. The lowest BCUT2D eigenvalue weighted by molar-refractivity contribution is 0.101. The number of ether oxygens (including phenoxy) is 1. The standard InChI is InChI=1S/C14H15FN2O3/c1-8(2)14-16-13(20-17-14)7-19-12-6-10(15)4-5-11(12)9(3)18/h4-6,8H,7H2,1-3H3. The lowest BCUT2D eigenvalue weighted by atomic mass is 10.1. The normalized spacial score (nSPS) is 10.8. The number of carbonyl (C=O) groups excluding carboxylic acids is 1. The van der Waals surface area contributed by atoms with Crippen LogP contribution < -0.4 is 4.74 Å². The Morgan fingerprint density at radius 3 is 2.80 bits per heavy atom. The van der Waals surface area contributed by atoms with E-state index in [2.05, 4.69) is 10.1 Å². The fourth-order valence-electron chi connectivity index (χ4n) is 1.61. The summed E-state index contributed by atoms with van der Waals surface area (Å²) in [6, 6.07) is 3.77. The molecule has 0 bridgehead atoms. The van der Waals surface area contributed by atoms with Gasteiger partial charge in [0, 0.05) is 12.0 Å². The van der Waals surface area contributed by atoms with Crippen molar-refractivity contribution in [2.24, 2.45) is 0 Å². The van der Waals surface area contributed by atoms with Crippen molar-refractivity contribution in [1.82, 2.24) is 10.1 Å². The topological polar surface area (TPSA) is 65.2 Å². The van der Waals surface area contributed by atoms with Crippen LogP contribution in [0.15, 0.2) is 22.7 Å². The van der Waals surface area contributed by atoms with Crippen molar-refractivity contribution in [2.75, 3.05) is 0 Å². The molecule has 20 heavy (non-hydrogen) atoms. The van der Waals surface area contributed by atoms with Gasteiger partial charge in [0.15, 0.2) is 18.2 Å². The Morgan fingerprint density at radius 2 is 2.20 bits per heavy atom. The van der Waals surface area contributed by atoms with Crippen molar-refractivity contribution in [3.05, 3.63) is 41.3 Å². The minimum atomic E-state index is -0.474. The van der Waals surface area contributed by atoms with E-state index in [9.17, 15) is 9.18 Å². The number of hydrogen-bond acceptors (Lipinski definition) is 5. The van der Waals surface area contributed by atoms with E-state index < -0.39 is 5.82 Å². The highest BCUT2D eigenvalue weighted by molar-refractivity contribution is 5.96. The molecule has 0 fully saturated rings. The van der Waals surface area contributed by atoms with Gasteiger partial charge < -0.3 is 9.26 Å². The highest BCUT2D eigenvalue weighted by atomic mass is 19.1. The van der Waals surface area contributed by atoms with Gasteiger partial charge in [-0.2, -0.15) is 4.98 Å². The first kappa shape index (κ1) is 14.2. The molecule has 6 heteroatoms. The van der Waals surface area contributed by atoms with Crippen molar-refractivity contribution >= 4 is 5.78 Å². The second kappa shape index (κ2) is 5.81. The molecule has 0 saturated heterocycles. The first-order chi connectivity index (χ1) is 9.47. The second-order valence-electron chi connectivity index (χ2n) is 4.69. The number of hydrogen-bond donors (Lipinski definition) is 0. The molecule has 2 rings (SSSR count). The van der Waals surface area contributed by atoms with Crippen LogP contribution in [0.4, 0.5) is 4.39 Å². The van der Waals surface area contributed by atoms with Gasteiger partial charge in [0.1, 0.15) is 11.6 Å². The summed E-state index contributed by atoms with van der Waals surface area (Å²) in [5.74, 6) is 0.505. The maximum atomic E-state index is 13.2. The minimum Gasteiger partial charge on any atom is -0.483 e. The second-order valence-corrected chi connectivity index (χ2v) is 4.69. The first-order valence-corrected chi connectivity index (χ1v) is 6.23. The van der Waals surface area contributed by atoms with E-state index in [4.69, 9.17) is 9.26 Å². The highest BCUT2D eigenvalue weighted by Gasteiger charge is 2.13. The molecular formula is C14H15FN2O3. The van der Waals surface area contributed by atoms with Crippen LogP contribution in [0.1, 0.15) is 48.8 Å². The van der Waals surface area contributed by atoms with Crippen LogP contribution in [0.3, 0.4) is 0 Å². The molecule has 0 N–H and O–H groups in total. The number of aromatic nitrogens is 2. The van der Waals surface area contributed by atoms with Gasteiger partial charge in [-0.05, 0) is 19.1 Å². The lowest BCUT2D eigenvalue weighted by Crippen LogP contribution is -2.02. The van der Waals surface area contributed by atoms with Crippen molar-refractivity contribution in [2.45, 2.75) is 33.3 Å². The number of ketones is 1. The van der Waals surface area contributed by atoms with Gasteiger partial charge in [-0.1, -0.05) is 19.0 Å². The summed E-state index contributed by atoms with van der Waals surface area (Å²) in [4.78, 5) is 15.6. The van der Waals surface area contributed by atoms with Crippen LogP contribution in [0.5, 0.6) is 5.75 Å². The quantitative estimate of drug-likeness (QED) is 0.786. The van der Waals surface area contributed by atoms with Crippen molar-refractivity contribution in [1.29, 1.82) is 0 Å². The Kier molecular flexibility index (Phi) is 4.12. The lowest BCUT2D eigenvalue weighted by Gasteiger charge is -2.07. The maximum Gasteiger partial charge on any atom is 0.264 e. The van der Waals surface area contributed by atoms with Crippen molar-refractivity contribution in [3.63, 3.8) is 0 Å². The summed E-state index contributed by atoms with van der Waals surface area (Å²) in [5, 5.41) is 3.80. The number of benzene rings is 1. The van der Waals surface area contributed by atoms with E-state index in [1.54, 1.807) is 0 Å². The Hall–Kier alpha value is -2.24. The molecule has 1 heterocycles. The Bertz CT molecular complexity index is 623. The molecular weight excluding hydrogens is 263 g/mol. The zero-order chi connectivity index (χ0) is 14.7. The van der Waals surface area contributed by atoms with E-state index in [1.807, 2.05) is 13.8 Å². The predicted molar refractivity (Wildman–Crippen MR) is 69.1 cm³/mol. The monoisotopic (exact) mass is 278 g/mol. The third-order valence-electron chi connectivity index (χ3n) is 2.67. The van der Waals surface area contributed by atoms with Crippen LogP contribution in [0, 0.1) is 5.82 Å². The fourth-order valence-corrected chi connectivity index (χ4v) is 1.61. The Balaban J connectivity index is 2.13. The molecule has 1 aromatic heterocycles. The number of halogens is 1. The molecule has 0 saturated carbocycles. The van der Waals surface area contributed by atoms with Crippen LogP contribution in [-0.4, -0.2) is 15.9 Å². The van der Waals surface area contributed by atoms with E-state index >= 15 is 0 Å². The molecule has 0 aliphatic rings. The molecule has 0 spiro atoms. The summed E-state index contributed by atoms with van der Waals surface area (Å²) >= 11 is 0. The average Bonchev–Trinajstić information content (AvgIpc) is 2.85. The molecule has 1 aromatic carbocycles. The summed E-state index contributed by atoms with van der Waals surface area (Å²) < 4.78 is 23.6. The molecule has 0 radical (unpaired) electrons. The van der Waals surface area contributed by atoms with Gasteiger partial charge in [-0.15, -0.1) is 0 Å². The number of rotatable bonds is 5. The smallest absolute Gasteiger partial charge is 0.264 e. The summed E-state index contributed by atoms with van der Waals surface area (Å²) in [6.45, 7) is 5.26. The van der Waals surface area contributed by atoms with E-state index in [1.165, 1.54) is 19.1 Å². The van der Waals surface area contributed by atoms with Crippen LogP contribution in [0.2, 0.25) is 0 Å². The fraction of sp³-hybridized carbons (Fsp3) is 0.357. The molecule has 0 atom stereocenters. The Labute approximate surface area is 115 Å². The molecule has 5 nitrogen and oxygen atoms in total. The summed E-state index contributed by atoms with van der Waals surface area (Å²) in [7, 11) is 0. The van der Waals surface area contributed by atoms with Gasteiger partial charge in [0.25, 0.3) is 5.89 Å². The van der Waals surface area contributed by atoms with Gasteiger partial charge in [0.05, 0.1) is 5.56 Å². The van der Waals surface area contributed by atoms with Gasteiger partial charge in [-0.25, -0.2) is 4.39 Å². The van der Waals surface area contributed by atoms with Crippen molar-refractivity contribution in [3.8, 4) is 5.75 Å². The molecule has 0 aliphatic heterocycles. The summed E-state index contributed by atoms with van der Waals surface area (Å²) in [5.41, 5.74) is 0.315. The first-order valence-electron chi connectivity index (χ1n) is 6.23. The molecule has 0 aliphatic carbocycles. The predicted octanol–water partition coefficient (Wildman–Crippen LogP) is 3.11. The zero-order valence-corrected chi connectivity index (χ0v) is 11.5.